The molecule has 1 unspecified atom stereocenters. The molecular formula is C14H23N3O2. The number of likely N-dealkylation sites (N-methyl/N-ethyl adjacent to an activating group) is 1. The Morgan fingerprint density at radius 3 is 2.63 bits per heavy atom. The van der Waals surface area contributed by atoms with E-state index in [1.807, 2.05) is 13.8 Å². The highest BCUT2D eigenvalue weighted by Gasteiger charge is 2.19. The number of nitrogens with one attached hydrogen (secondary N) is 1. The van der Waals surface area contributed by atoms with Gasteiger partial charge in [-0.25, -0.2) is 0 Å². The van der Waals surface area contributed by atoms with Gasteiger partial charge in [0.1, 0.15) is 5.69 Å². The zero-order valence-electron chi connectivity index (χ0n) is 12.1. The summed E-state index contributed by atoms with van der Waals surface area (Å²) < 4.78 is 0. The number of aromatic nitrogens is 1. The van der Waals surface area contributed by atoms with E-state index in [1.165, 1.54) is 0 Å². The number of nitro groups is 1. The summed E-state index contributed by atoms with van der Waals surface area (Å²) in [5.74, 6) is 0.549. The van der Waals surface area contributed by atoms with Crippen molar-refractivity contribution >= 4 is 5.69 Å². The molecule has 0 aromatic carbocycles. The molecular weight excluding hydrogens is 242 g/mol. The first-order valence-corrected chi connectivity index (χ1v) is 6.78. The fourth-order valence-corrected chi connectivity index (χ4v) is 2.25. The number of hydrogen-bond donors (Lipinski definition) is 1. The molecule has 1 heterocycles. The molecule has 19 heavy (non-hydrogen) atoms. The van der Waals surface area contributed by atoms with Crippen LogP contribution in [0.5, 0.6) is 0 Å². The maximum Gasteiger partial charge on any atom is 0.290 e. The second-order valence-electron chi connectivity index (χ2n) is 5.26. The Balaban J connectivity index is 2.93. The van der Waals surface area contributed by atoms with Crippen LogP contribution in [0.1, 0.15) is 38.6 Å². The molecule has 1 aromatic heterocycles. The largest absolute Gasteiger partial charge is 0.314 e. The third-order valence-corrected chi connectivity index (χ3v) is 2.97. The van der Waals surface area contributed by atoms with Crippen LogP contribution >= 0.6 is 0 Å². The summed E-state index contributed by atoms with van der Waals surface area (Å²) in [5, 5.41) is 14.4. The zero-order valence-corrected chi connectivity index (χ0v) is 12.1. The lowest BCUT2D eigenvalue weighted by Crippen LogP contribution is -2.32. The second kappa shape index (κ2) is 7.19. The molecule has 1 aromatic rings. The van der Waals surface area contributed by atoms with E-state index in [9.17, 15) is 10.1 Å². The predicted molar refractivity (Wildman–Crippen MR) is 76.3 cm³/mol. The van der Waals surface area contributed by atoms with Crippen molar-refractivity contribution in [3.8, 4) is 0 Å². The Morgan fingerprint density at radius 2 is 2.11 bits per heavy atom. The fourth-order valence-electron chi connectivity index (χ4n) is 2.25. The van der Waals surface area contributed by atoms with Gasteiger partial charge in [-0.2, -0.15) is 0 Å². The van der Waals surface area contributed by atoms with Crippen molar-refractivity contribution in [1.29, 1.82) is 0 Å². The van der Waals surface area contributed by atoms with Gasteiger partial charge >= 0.3 is 0 Å². The van der Waals surface area contributed by atoms with Gasteiger partial charge in [-0.15, -0.1) is 0 Å². The van der Waals surface area contributed by atoms with E-state index in [1.54, 1.807) is 12.1 Å². The van der Waals surface area contributed by atoms with E-state index in [4.69, 9.17) is 0 Å². The van der Waals surface area contributed by atoms with Crippen molar-refractivity contribution < 1.29 is 4.92 Å². The van der Waals surface area contributed by atoms with Gasteiger partial charge in [0, 0.05) is 24.2 Å². The lowest BCUT2D eigenvalue weighted by atomic mass is 9.98. The Labute approximate surface area is 114 Å². The molecule has 0 saturated heterocycles. The summed E-state index contributed by atoms with van der Waals surface area (Å²) in [4.78, 5) is 15.0. The third-order valence-electron chi connectivity index (χ3n) is 2.97. The predicted octanol–water partition coefficient (Wildman–Crippen LogP) is 2.86. The first kappa shape index (κ1) is 15.6. The number of rotatable bonds is 7. The van der Waals surface area contributed by atoms with Gasteiger partial charge in [0.05, 0.1) is 4.92 Å². The van der Waals surface area contributed by atoms with Gasteiger partial charge in [0.25, 0.3) is 5.69 Å². The molecule has 0 aliphatic carbocycles. The van der Waals surface area contributed by atoms with Gasteiger partial charge in [0.15, 0.2) is 0 Å². The van der Waals surface area contributed by atoms with Crippen LogP contribution in [0.2, 0.25) is 0 Å². The van der Waals surface area contributed by atoms with Crippen LogP contribution in [-0.2, 0) is 6.42 Å². The van der Waals surface area contributed by atoms with Crippen molar-refractivity contribution in [2.75, 3.05) is 6.54 Å². The molecule has 1 atom stereocenters. The molecule has 5 nitrogen and oxygen atoms in total. The lowest BCUT2D eigenvalue weighted by molar-refractivity contribution is -0.386. The maximum atomic E-state index is 11.0. The minimum absolute atomic E-state index is 0.122. The summed E-state index contributed by atoms with van der Waals surface area (Å²) in [6.45, 7) is 9.07. The second-order valence-corrected chi connectivity index (χ2v) is 5.26. The van der Waals surface area contributed by atoms with Crippen molar-refractivity contribution in [1.82, 2.24) is 10.3 Å². The van der Waals surface area contributed by atoms with E-state index >= 15 is 0 Å². The van der Waals surface area contributed by atoms with Gasteiger partial charge in [-0.1, -0.05) is 20.8 Å². The van der Waals surface area contributed by atoms with Gasteiger partial charge in [-0.3, -0.25) is 15.1 Å². The minimum Gasteiger partial charge on any atom is -0.314 e. The molecule has 0 saturated carbocycles. The van der Waals surface area contributed by atoms with E-state index < -0.39 is 0 Å². The molecule has 0 aliphatic heterocycles. The first-order valence-electron chi connectivity index (χ1n) is 6.78. The van der Waals surface area contributed by atoms with Crippen molar-refractivity contribution in [3.05, 3.63) is 33.6 Å². The van der Waals surface area contributed by atoms with Gasteiger partial charge in [0.2, 0.25) is 0 Å². The summed E-state index contributed by atoms with van der Waals surface area (Å²) in [6.07, 6.45) is 1.59. The summed E-state index contributed by atoms with van der Waals surface area (Å²) in [6, 6.07) is 3.47. The number of pyridine rings is 1. The van der Waals surface area contributed by atoms with Crippen molar-refractivity contribution in [2.45, 2.75) is 46.6 Å². The van der Waals surface area contributed by atoms with Crippen LogP contribution in [0.4, 0.5) is 5.69 Å². The van der Waals surface area contributed by atoms with Crippen LogP contribution in [0.3, 0.4) is 0 Å². The van der Waals surface area contributed by atoms with E-state index in [0.717, 1.165) is 18.7 Å². The molecule has 1 N–H and O–H groups in total. The molecule has 0 radical (unpaired) electrons. The van der Waals surface area contributed by atoms with E-state index in [-0.39, 0.29) is 16.7 Å². The average molecular weight is 265 g/mol. The summed E-state index contributed by atoms with van der Waals surface area (Å²) in [7, 11) is 0. The first-order chi connectivity index (χ1) is 8.93. The Kier molecular flexibility index (Phi) is 5.89. The van der Waals surface area contributed by atoms with E-state index in [0.29, 0.717) is 18.0 Å². The molecule has 0 fully saturated rings. The van der Waals surface area contributed by atoms with Crippen LogP contribution in [0.15, 0.2) is 12.1 Å². The molecule has 0 bridgehead atoms. The molecule has 5 heteroatoms. The van der Waals surface area contributed by atoms with Crippen molar-refractivity contribution in [3.63, 3.8) is 0 Å². The Morgan fingerprint density at radius 1 is 1.42 bits per heavy atom. The number of hydrogen-bond acceptors (Lipinski definition) is 4. The standard InChI is InChI=1S/C14H23N3O2/c1-5-15-12(8-10(2)3)9-13-14(17(18)19)7-6-11(4)16-13/h6-7,10,12,15H,5,8-9H2,1-4H3. The third kappa shape index (κ3) is 4.95. The van der Waals surface area contributed by atoms with Crippen LogP contribution in [0.25, 0.3) is 0 Å². The van der Waals surface area contributed by atoms with Crippen LogP contribution in [0, 0.1) is 23.0 Å². The van der Waals surface area contributed by atoms with Crippen molar-refractivity contribution in [2.24, 2.45) is 5.92 Å². The number of nitrogens with zero attached hydrogens (tertiary/aromatic N) is 2. The fraction of sp³-hybridized carbons (Fsp3) is 0.643. The average Bonchev–Trinajstić information content (AvgIpc) is 2.27. The van der Waals surface area contributed by atoms with E-state index in [2.05, 4.69) is 24.1 Å². The highest BCUT2D eigenvalue weighted by molar-refractivity contribution is 5.36. The van der Waals surface area contributed by atoms with Gasteiger partial charge < -0.3 is 5.32 Å². The molecule has 0 spiro atoms. The molecule has 0 aliphatic rings. The maximum absolute atomic E-state index is 11.0. The molecule has 1 rings (SSSR count). The zero-order chi connectivity index (χ0) is 14.4. The van der Waals surface area contributed by atoms with Gasteiger partial charge in [-0.05, 0) is 31.9 Å². The quantitative estimate of drug-likeness (QED) is 0.608. The summed E-state index contributed by atoms with van der Waals surface area (Å²) in [5.41, 5.74) is 1.52. The molecule has 106 valence electrons. The highest BCUT2D eigenvalue weighted by Crippen LogP contribution is 2.20. The highest BCUT2D eigenvalue weighted by atomic mass is 16.6. The Bertz CT molecular complexity index is 433. The topological polar surface area (TPSA) is 68.1 Å². The van der Waals surface area contributed by atoms with Crippen LogP contribution < -0.4 is 5.32 Å². The monoisotopic (exact) mass is 265 g/mol. The summed E-state index contributed by atoms with van der Waals surface area (Å²) >= 11 is 0. The Hall–Kier alpha value is -1.49. The number of aryl methyl sites for hydroxylation is 1. The minimum atomic E-state index is -0.347. The van der Waals surface area contributed by atoms with Crippen LogP contribution in [-0.4, -0.2) is 22.5 Å². The molecule has 0 amide bonds. The lowest BCUT2D eigenvalue weighted by Gasteiger charge is -2.19. The normalized spacial score (nSPS) is 12.7. The SMILES string of the molecule is CCNC(Cc1nc(C)ccc1[N+](=O)[O-])CC(C)C. The smallest absolute Gasteiger partial charge is 0.290 e.